The van der Waals surface area contributed by atoms with Crippen LogP contribution in [0.2, 0.25) is 0 Å². The number of carbonyl (C=O) groups excluding carboxylic acids is 1. The third-order valence-corrected chi connectivity index (χ3v) is 5.20. The Hall–Kier alpha value is -3.34. The first-order chi connectivity index (χ1) is 13.8. The van der Waals surface area contributed by atoms with Gasteiger partial charge in [-0.3, -0.25) is 9.78 Å². The number of furan rings is 1. The molecule has 2 heterocycles. The summed E-state index contributed by atoms with van der Waals surface area (Å²) in [6.45, 7) is -0.0607. The number of amides is 1. The zero-order valence-corrected chi connectivity index (χ0v) is 15.4. The Morgan fingerprint density at radius 3 is 2.96 bits per heavy atom. The van der Waals surface area contributed by atoms with Crippen LogP contribution in [0.4, 0.5) is 5.69 Å². The van der Waals surface area contributed by atoms with Crippen molar-refractivity contribution in [3.8, 4) is 5.75 Å². The highest BCUT2D eigenvalue weighted by molar-refractivity contribution is 6.00. The summed E-state index contributed by atoms with van der Waals surface area (Å²) in [5, 5.41) is 4.98. The van der Waals surface area contributed by atoms with E-state index in [4.69, 9.17) is 9.15 Å². The highest BCUT2D eigenvalue weighted by Crippen LogP contribution is 2.34. The quantitative estimate of drug-likeness (QED) is 0.555. The van der Waals surface area contributed by atoms with E-state index in [0.717, 1.165) is 40.5 Å². The molecule has 0 fully saturated rings. The molecule has 2 aromatic heterocycles. The van der Waals surface area contributed by atoms with Crippen molar-refractivity contribution in [2.45, 2.75) is 25.7 Å². The zero-order valence-electron chi connectivity index (χ0n) is 15.4. The Bertz CT molecular complexity index is 1170. The molecule has 5 nitrogen and oxygen atoms in total. The first kappa shape index (κ1) is 16.8. The number of hydrogen-bond acceptors (Lipinski definition) is 4. The largest absolute Gasteiger partial charge is 0.484 e. The van der Waals surface area contributed by atoms with Crippen molar-refractivity contribution in [3.63, 3.8) is 0 Å². The van der Waals surface area contributed by atoms with Crippen LogP contribution in [-0.2, 0) is 17.6 Å². The standard InChI is InChI=1S/C23H20N2O3/c26-22(25-19-8-3-5-15-6-4-12-24-23(15)19)14-27-16-10-11-21-18(13-16)17-7-1-2-9-20(17)28-21/h3-6,8,10-13H,1-2,7,9,14H2,(H,25,26). The molecule has 0 atom stereocenters. The number of aromatic nitrogens is 1. The number of fused-ring (bicyclic) bond motifs is 4. The van der Waals surface area contributed by atoms with E-state index in [1.54, 1.807) is 6.20 Å². The molecule has 0 saturated heterocycles. The van der Waals surface area contributed by atoms with Gasteiger partial charge in [0.1, 0.15) is 17.1 Å². The van der Waals surface area contributed by atoms with Crippen molar-refractivity contribution in [2.24, 2.45) is 0 Å². The number of pyridine rings is 1. The fourth-order valence-electron chi connectivity index (χ4n) is 3.87. The van der Waals surface area contributed by atoms with E-state index < -0.39 is 0 Å². The van der Waals surface area contributed by atoms with Gasteiger partial charge in [0.2, 0.25) is 0 Å². The van der Waals surface area contributed by atoms with E-state index >= 15 is 0 Å². The Morgan fingerprint density at radius 1 is 1.11 bits per heavy atom. The van der Waals surface area contributed by atoms with Crippen molar-refractivity contribution < 1.29 is 13.9 Å². The maximum absolute atomic E-state index is 12.4. The SMILES string of the molecule is O=C(COc1ccc2oc3c(c2c1)CCCC3)Nc1cccc2cccnc12. The second-order valence-corrected chi connectivity index (χ2v) is 7.09. The minimum atomic E-state index is -0.215. The number of ether oxygens (including phenoxy) is 1. The van der Waals surface area contributed by atoms with Crippen LogP contribution in [0, 0.1) is 0 Å². The predicted octanol–water partition coefficient (Wildman–Crippen LogP) is 4.88. The van der Waals surface area contributed by atoms with Crippen LogP contribution >= 0.6 is 0 Å². The molecule has 1 amide bonds. The summed E-state index contributed by atoms with van der Waals surface area (Å²) < 4.78 is 11.7. The Balaban J connectivity index is 1.31. The second-order valence-electron chi connectivity index (χ2n) is 7.09. The van der Waals surface area contributed by atoms with E-state index in [0.29, 0.717) is 11.4 Å². The lowest BCUT2D eigenvalue weighted by atomic mass is 9.96. The van der Waals surface area contributed by atoms with Crippen molar-refractivity contribution in [2.75, 3.05) is 11.9 Å². The Labute approximate surface area is 162 Å². The fourth-order valence-corrected chi connectivity index (χ4v) is 3.87. The molecule has 1 aliphatic carbocycles. The number of aryl methyl sites for hydroxylation is 2. The molecule has 0 radical (unpaired) electrons. The maximum Gasteiger partial charge on any atom is 0.262 e. The number of carbonyl (C=O) groups is 1. The van der Waals surface area contributed by atoms with Gasteiger partial charge in [0.25, 0.3) is 5.91 Å². The van der Waals surface area contributed by atoms with Crippen LogP contribution in [-0.4, -0.2) is 17.5 Å². The van der Waals surface area contributed by atoms with Crippen LogP contribution in [0.1, 0.15) is 24.2 Å². The van der Waals surface area contributed by atoms with Gasteiger partial charge in [0.05, 0.1) is 11.2 Å². The molecule has 2 aromatic carbocycles. The average Bonchev–Trinajstić information content (AvgIpc) is 3.10. The number of hydrogen-bond donors (Lipinski definition) is 1. The molecule has 0 unspecified atom stereocenters. The third-order valence-electron chi connectivity index (χ3n) is 5.20. The van der Waals surface area contributed by atoms with Gasteiger partial charge >= 0.3 is 0 Å². The molecular weight excluding hydrogens is 352 g/mol. The number of anilines is 1. The van der Waals surface area contributed by atoms with Crippen LogP contribution in [0.3, 0.4) is 0 Å². The lowest BCUT2D eigenvalue weighted by Crippen LogP contribution is -2.20. The molecule has 0 saturated carbocycles. The monoisotopic (exact) mass is 372 g/mol. The predicted molar refractivity (Wildman–Crippen MR) is 109 cm³/mol. The minimum Gasteiger partial charge on any atom is -0.484 e. The van der Waals surface area contributed by atoms with Gasteiger partial charge < -0.3 is 14.5 Å². The fraction of sp³-hybridized carbons (Fsp3) is 0.217. The highest BCUT2D eigenvalue weighted by Gasteiger charge is 2.18. The Morgan fingerprint density at radius 2 is 2.00 bits per heavy atom. The third kappa shape index (κ3) is 3.09. The van der Waals surface area contributed by atoms with E-state index in [-0.39, 0.29) is 12.5 Å². The summed E-state index contributed by atoms with van der Waals surface area (Å²) in [6, 6.07) is 15.3. The van der Waals surface area contributed by atoms with Gasteiger partial charge in [-0.2, -0.15) is 0 Å². The van der Waals surface area contributed by atoms with Crippen molar-refractivity contribution in [1.29, 1.82) is 0 Å². The zero-order chi connectivity index (χ0) is 18.9. The molecule has 28 heavy (non-hydrogen) atoms. The summed E-state index contributed by atoms with van der Waals surface area (Å²) in [5.74, 6) is 1.56. The molecule has 1 aliphatic rings. The Kier molecular flexibility index (Phi) is 4.20. The first-order valence-electron chi connectivity index (χ1n) is 9.59. The summed E-state index contributed by atoms with van der Waals surface area (Å²) in [4.78, 5) is 16.7. The van der Waals surface area contributed by atoms with Crippen molar-refractivity contribution in [1.82, 2.24) is 4.98 Å². The second kappa shape index (κ2) is 7.00. The van der Waals surface area contributed by atoms with Crippen molar-refractivity contribution >= 4 is 33.5 Å². The van der Waals surface area contributed by atoms with E-state index in [1.807, 2.05) is 48.5 Å². The summed E-state index contributed by atoms with van der Waals surface area (Å²) in [5.41, 5.74) is 3.64. The summed E-state index contributed by atoms with van der Waals surface area (Å²) in [6.07, 6.45) is 6.13. The topological polar surface area (TPSA) is 64.4 Å². The number of nitrogens with zero attached hydrogens (tertiary/aromatic N) is 1. The number of benzene rings is 2. The lowest BCUT2D eigenvalue weighted by molar-refractivity contribution is -0.118. The summed E-state index contributed by atoms with van der Waals surface area (Å²) >= 11 is 0. The molecule has 0 spiro atoms. The molecule has 140 valence electrons. The van der Waals surface area contributed by atoms with Gasteiger partial charge in [0, 0.05) is 29.0 Å². The van der Waals surface area contributed by atoms with Gasteiger partial charge in [-0.25, -0.2) is 0 Å². The van der Waals surface area contributed by atoms with Crippen LogP contribution < -0.4 is 10.1 Å². The van der Waals surface area contributed by atoms with E-state index in [2.05, 4.69) is 10.3 Å². The van der Waals surface area contributed by atoms with Crippen LogP contribution in [0.25, 0.3) is 21.9 Å². The molecular formula is C23H20N2O3. The highest BCUT2D eigenvalue weighted by atomic mass is 16.5. The molecule has 0 aliphatic heterocycles. The molecule has 1 N–H and O–H groups in total. The molecule has 5 rings (SSSR count). The van der Waals surface area contributed by atoms with Gasteiger partial charge in [-0.15, -0.1) is 0 Å². The minimum absolute atomic E-state index is 0.0607. The molecule has 5 heteroatoms. The van der Waals surface area contributed by atoms with E-state index in [9.17, 15) is 4.79 Å². The first-order valence-corrected chi connectivity index (χ1v) is 9.59. The van der Waals surface area contributed by atoms with Gasteiger partial charge in [-0.1, -0.05) is 18.2 Å². The smallest absolute Gasteiger partial charge is 0.262 e. The van der Waals surface area contributed by atoms with Gasteiger partial charge in [-0.05, 0) is 49.6 Å². The van der Waals surface area contributed by atoms with Gasteiger partial charge in [0.15, 0.2) is 6.61 Å². The van der Waals surface area contributed by atoms with Crippen molar-refractivity contribution in [3.05, 3.63) is 66.1 Å². The summed E-state index contributed by atoms with van der Waals surface area (Å²) in [7, 11) is 0. The molecule has 0 bridgehead atoms. The number of para-hydroxylation sites is 1. The molecule has 4 aromatic rings. The lowest BCUT2D eigenvalue weighted by Gasteiger charge is -2.10. The normalized spacial score (nSPS) is 13.4. The number of rotatable bonds is 4. The van der Waals surface area contributed by atoms with E-state index in [1.165, 1.54) is 18.4 Å². The number of nitrogens with one attached hydrogen (secondary N) is 1. The van der Waals surface area contributed by atoms with Crippen LogP contribution in [0.5, 0.6) is 5.75 Å². The van der Waals surface area contributed by atoms with Crippen LogP contribution in [0.15, 0.2) is 59.1 Å². The maximum atomic E-state index is 12.4. The average molecular weight is 372 g/mol.